The van der Waals surface area contributed by atoms with Gasteiger partial charge in [0.25, 0.3) is 5.56 Å². The molecule has 23 heavy (non-hydrogen) atoms. The van der Waals surface area contributed by atoms with Gasteiger partial charge in [-0.1, -0.05) is 6.07 Å². The Balaban J connectivity index is 2.18. The van der Waals surface area contributed by atoms with Gasteiger partial charge in [0.1, 0.15) is 18.8 Å². The summed E-state index contributed by atoms with van der Waals surface area (Å²) in [5.41, 5.74) is -0.000451. The number of aryl methyl sites for hydroxylation is 1. The van der Waals surface area contributed by atoms with E-state index in [4.69, 9.17) is 4.42 Å². The first kappa shape index (κ1) is 16.9. The van der Waals surface area contributed by atoms with E-state index in [1.807, 2.05) is 0 Å². The number of pyridine rings is 1. The Labute approximate surface area is 129 Å². The van der Waals surface area contributed by atoms with Gasteiger partial charge in [0.05, 0.1) is 12.8 Å². The molecule has 0 saturated carbocycles. The maximum absolute atomic E-state index is 12.7. The van der Waals surface area contributed by atoms with E-state index in [2.05, 4.69) is 0 Å². The van der Waals surface area contributed by atoms with Crippen molar-refractivity contribution in [1.29, 1.82) is 0 Å². The molecule has 0 aliphatic rings. The Bertz CT molecular complexity index is 720. The van der Waals surface area contributed by atoms with Gasteiger partial charge in [-0.15, -0.1) is 0 Å². The minimum Gasteiger partial charge on any atom is -0.467 e. The van der Waals surface area contributed by atoms with Crippen LogP contribution in [0.1, 0.15) is 11.3 Å². The second-order valence-electron chi connectivity index (χ2n) is 5.07. The van der Waals surface area contributed by atoms with E-state index in [1.54, 1.807) is 19.1 Å². The van der Waals surface area contributed by atoms with Crippen LogP contribution in [-0.4, -0.2) is 28.1 Å². The molecule has 0 aliphatic carbocycles. The zero-order valence-electron chi connectivity index (χ0n) is 12.3. The molecule has 0 saturated heterocycles. The smallest absolute Gasteiger partial charge is 0.406 e. The molecule has 0 fully saturated rings. The molecular formula is C15H15F3N2O3. The fourth-order valence-electron chi connectivity index (χ4n) is 2.07. The minimum atomic E-state index is -4.54. The number of hydrogen-bond acceptors (Lipinski definition) is 3. The van der Waals surface area contributed by atoms with Gasteiger partial charge >= 0.3 is 6.18 Å². The number of furan rings is 1. The van der Waals surface area contributed by atoms with E-state index in [-0.39, 0.29) is 12.3 Å². The first-order valence-corrected chi connectivity index (χ1v) is 6.79. The van der Waals surface area contributed by atoms with Crippen LogP contribution in [0.25, 0.3) is 0 Å². The van der Waals surface area contributed by atoms with E-state index in [0.29, 0.717) is 10.5 Å². The first-order valence-electron chi connectivity index (χ1n) is 6.79. The van der Waals surface area contributed by atoms with Crippen LogP contribution in [0, 0.1) is 6.92 Å². The lowest BCUT2D eigenvalue weighted by molar-refractivity contribution is -0.163. The van der Waals surface area contributed by atoms with Crippen molar-refractivity contribution < 1.29 is 22.4 Å². The molecular weight excluding hydrogens is 313 g/mol. The Kier molecular flexibility index (Phi) is 4.92. The zero-order valence-corrected chi connectivity index (χ0v) is 12.3. The minimum absolute atomic E-state index is 0.235. The monoisotopic (exact) mass is 328 g/mol. The molecule has 0 aromatic carbocycles. The summed E-state index contributed by atoms with van der Waals surface area (Å²) >= 11 is 0. The summed E-state index contributed by atoms with van der Waals surface area (Å²) < 4.78 is 44.1. The average Bonchev–Trinajstić information content (AvgIpc) is 2.94. The van der Waals surface area contributed by atoms with E-state index >= 15 is 0 Å². The van der Waals surface area contributed by atoms with Crippen molar-refractivity contribution in [3.63, 3.8) is 0 Å². The number of amides is 1. The molecule has 2 heterocycles. The molecule has 1 amide bonds. The van der Waals surface area contributed by atoms with Crippen LogP contribution in [0.15, 0.2) is 45.9 Å². The van der Waals surface area contributed by atoms with Gasteiger partial charge in [0, 0.05) is 11.8 Å². The van der Waals surface area contributed by atoms with E-state index in [1.165, 1.54) is 24.6 Å². The van der Waals surface area contributed by atoms with Crippen LogP contribution in [-0.2, 0) is 17.9 Å². The maximum atomic E-state index is 12.7. The standard InChI is InChI=1S/C15H15F3N2O3/c1-11-4-2-6-19(14(11)22)9-13(21)20(10-15(16,17)18)8-12-5-3-7-23-12/h2-7H,8-10H2,1H3. The average molecular weight is 328 g/mol. The fourth-order valence-corrected chi connectivity index (χ4v) is 2.07. The summed E-state index contributed by atoms with van der Waals surface area (Å²) in [5.74, 6) is -0.578. The van der Waals surface area contributed by atoms with Crippen LogP contribution in [0.5, 0.6) is 0 Å². The van der Waals surface area contributed by atoms with Crippen LogP contribution in [0.4, 0.5) is 13.2 Å². The number of carbonyl (C=O) groups excluding carboxylic acids is 1. The number of rotatable bonds is 5. The van der Waals surface area contributed by atoms with E-state index in [0.717, 1.165) is 4.57 Å². The summed E-state index contributed by atoms with van der Waals surface area (Å²) in [6, 6.07) is 6.14. The maximum Gasteiger partial charge on any atom is 0.406 e. The summed E-state index contributed by atoms with van der Waals surface area (Å²) in [5, 5.41) is 0. The highest BCUT2D eigenvalue weighted by Gasteiger charge is 2.33. The molecule has 0 unspecified atom stereocenters. The predicted molar refractivity (Wildman–Crippen MR) is 75.6 cm³/mol. The lowest BCUT2D eigenvalue weighted by atomic mass is 10.3. The topological polar surface area (TPSA) is 55.5 Å². The molecule has 8 heteroatoms. The molecule has 2 aromatic heterocycles. The summed E-state index contributed by atoms with van der Waals surface area (Å²) in [4.78, 5) is 24.7. The molecule has 0 bridgehead atoms. The quantitative estimate of drug-likeness (QED) is 0.846. The van der Waals surface area contributed by atoms with E-state index in [9.17, 15) is 22.8 Å². The van der Waals surface area contributed by atoms with Crippen molar-refractivity contribution in [2.45, 2.75) is 26.2 Å². The molecule has 0 spiro atoms. The van der Waals surface area contributed by atoms with Crippen LogP contribution in [0.2, 0.25) is 0 Å². The third-order valence-electron chi connectivity index (χ3n) is 3.17. The third kappa shape index (κ3) is 4.73. The lowest BCUT2D eigenvalue weighted by Gasteiger charge is -2.23. The zero-order chi connectivity index (χ0) is 17.0. The van der Waals surface area contributed by atoms with Crippen LogP contribution < -0.4 is 5.56 Å². The summed E-state index contributed by atoms with van der Waals surface area (Å²) in [6.45, 7) is -0.615. The number of alkyl halides is 3. The highest BCUT2D eigenvalue weighted by Crippen LogP contribution is 2.18. The molecule has 5 nitrogen and oxygen atoms in total. The van der Waals surface area contributed by atoms with Gasteiger partial charge in [0.2, 0.25) is 5.91 Å². The van der Waals surface area contributed by atoms with Crippen LogP contribution >= 0.6 is 0 Å². The normalized spacial score (nSPS) is 11.5. The van der Waals surface area contributed by atoms with Crippen molar-refractivity contribution in [3.05, 3.63) is 58.4 Å². The molecule has 0 aliphatic heterocycles. The van der Waals surface area contributed by atoms with Crippen molar-refractivity contribution in [1.82, 2.24) is 9.47 Å². The number of carbonyl (C=O) groups is 1. The highest BCUT2D eigenvalue weighted by atomic mass is 19.4. The Morgan fingerprint density at radius 1 is 1.30 bits per heavy atom. The Hall–Kier alpha value is -2.51. The van der Waals surface area contributed by atoms with Gasteiger partial charge < -0.3 is 13.9 Å². The van der Waals surface area contributed by atoms with E-state index < -0.39 is 30.7 Å². The van der Waals surface area contributed by atoms with Gasteiger partial charge in [-0.2, -0.15) is 13.2 Å². The Morgan fingerprint density at radius 3 is 2.65 bits per heavy atom. The van der Waals surface area contributed by atoms with Crippen molar-refractivity contribution in [2.75, 3.05) is 6.54 Å². The number of aromatic nitrogens is 1. The predicted octanol–water partition coefficient (Wildman–Crippen LogP) is 2.34. The second kappa shape index (κ2) is 6.72. The molecule has 2 aromatic rings. The van der Waals surface area contributed by atoms with Gasteiger partial charge in [-0.25, -0.2) is 0 Å². The Morgan fingerprint density at radius 2 is 2.04 bits per heavy atom. The van der Waals surface area contributed by atoms with Crippen LogP contribution in [0.3, 0.4) is 0 Å². The number of halogens is 3. The largest absolute Gasteiger partial charge is 0.467 e. The van der Waals surface area contributed by atoms with Gasteiger partial charge in [-0.3, -0.25) is 9.59 Å². The van der Waals surface area contributed by atoms with Gasteiger partial charge in [-0.05, 0) is 25.1 Å². The van der Waals surface area contributed by atoms with Crippen molar-refractivity contribution in [2.24, 2.45) is 0 Å². The van der Waals surface area contributed by atoms with Crippen molar-refractivity contribution in [3.8, 4) is 0 Å². The molecule has 124 valence electrons. The molecule has 0 radical (unpaired) electrons. The molecule has 2 rings (SSSR count). The first-order chi connectivity index (χ1) is 10.8. The number of hydrogen-bond donors (Lipinski definition) is 0. The second-order valence-corrected chi connectivity index (χ2v) is 5.07. The van der Waals surface area contributed by atoms with Crippen molar-refractivity contribution >= 4 is 5.91 Å². The molecule has 0 atom stereocenters. The summed E-state index contributed by atoms with van der Waals surface area (Å²) in [7, 11) is 0. The summed E-state index contributed by atoms with van der Waals surface area (Å²) in [6.07, 6.45) is -1.86. The van der Waals surface area contributed by atoms with Gasteiger partial charge in [0.15, 0.2) is 0 Å². The number of nitrogens with zero attached hydrogens (tertiary/aromatic N) is 2. The third-order valence-corrected chi connectivity index (χ3v) is 3.17. The lowest BCUT2D eigenvalue weighted by Crippen LogP contribution is -2.41. The highest BCUT2D eigenvalue weighted by molar-refractivity contribution is 5.76. The SMILES string of the molecule is Cc1cccn(CC(=O)N(Cc2ccco2)CC(F)(F)F)c1=O. The fraction of sp³-hybridized carbons (Fsp3) is 0.333. The molecule has 0 N–H and O–H groups in total.